The van der Waals surface area contributed by atoms with Crippen LogP contribution in [0.4, 0.5) is 11.4 Å². The van der Waals surface area contributed by atoms with Gasteiger partial charge in [0.15, 0.2) is 5.65 Å². The van der Waals surface area contributed by atoms with Crippen molar-refractivity contribution in [2.24, 2.45) is 7.05 Å². The van der Waals surface area contributed by atoms with E-state index in [9.17, 15) is 14.4 Å². The summed E-state index contributed by atoms with van der Waals surface area (Å²) in [6.45, 7) is 0.577. The Kier molecular flexibility index (Phi) is 5.37. The van der Waals surface area contributed by atoms with Gasteiger partial charge in [-0.15, -0.1) is 0 Å². The van der Waals surface area contributed by atoms with E-state index in [1.54, 1.807) is 60.9 Å². The Morgan fingerprint density at radius 2 is 1.84 bits per heavy atom. The Balaban J connectivity index is 1.22. The zero-order chi connectivity index (χ0) is 25.5. The topological polar surface area (TPSA) is 113 Å². The van der Waals surface area contributed by atoms with Crippen molar-refractivity contribution in [2.45, 2.75) is 6.42 Å². The van der Waals surface area contributed by atoms with E-state index in [-0.39, 0.29) is 17.5 Å². The van der Waals surface area contributed by atoms with Crippen LogP contribution in [0.2, 0.25) is 0 Å². The van der Waals surface area contributed by atoms with Gasteiger partial charge in [-0.2, -0.15) is 0 Å². The summed E-state index contributed by atoms with van der Waals surface area (Å²) in [6, 6.07) is 18.2. The Morgan fingerprint density at radius 3 is 2.68 bits per heavy atom. The van der Waals surface area contributed by atoms with Crippen molar-refractivity contribution in [3.63, 3.8) is 0 Å². The molecular formula is C28H22N6O3. The third kappa shape index (κ3) is 4.06. The highest BCUT2D eigenvalue weighted by Crippen LogP contribution is 2.32. The molecule has 37 heavy (non-hydrogen) atoms. The van der Waals surface area contributed by atoms with Crippen LogP contribution in [0.1, 0.15) is 26.3 Å². The lowest BCUT2D eigenvalue weighted by Crippen LogP contribution is -2.28. The minimum atomic E-state index is -0.244. The highest BCUT2D eigenvalue weighted by molar-refractivity contribution is 6.08. The Morgan fingerprint density at radius 1 is 0.973 bits per heavy atom. The number of nitrogens with zero attached hydrogens (tertiary/aromatic N) is 4. The van der Waals surface area contributed by atoms with Crippen molar-refractivity contribution >= 4 is 34.4 Å². The SMILES string of the molecule is Cn1c(=O)[nH]c2ncc(-c3cccc(C(=O)Nc4ccc5c(c4)CCN5C(=O)c4cccnc4)c3)cc21. The van der Waals surface area contributed by atoms with Crippen molar-refractivity contribution in [3.8, 4) is 11.1 Å². The second-order valence-electron chi connectivity index (χ2n) is 8.91. The van der Waals surface area contributed by atoms with Crippen LogP contribution in [0.25, 0.3) is 22.3 Å². The summed E-state index contributed by atoms with van der Waals surface area (Å²) in [6.07, 6.45) is 5.59. The molecule has 0 aliphatic carbocycles. The van der Waals surface area contributed by atoms with Crippen LogP contribution in [0.3, 0.4) is 0 Å². The fraction of sp³-hybridized carbons (Fsp3) is 0.107. The number of aryl methyl sites for hydroxylation is 1. The number of H-pyrrole nitrogens is 1. The van der Waals surface area contributed by atoms with E-state index in [1.165, 1.54) is 4.57 Å². The summed E-state index contributed by atoms with van der Waals surface area (Å²) in [7, 11) is 1.68. The molecule has 0 saturated carbocycles. The first kappa shape index (κ1) is 22.4. The number of imidazole rings is 1. The van der Waals surface area contributed by atoms with Gasteiger partial charge in [0.1, 0.15) is 0 Å². The molecule has 0 fully saturated rings. The summed E-state index contributed by atoms with van der Waals surface area (Å²) in [5.74, 6) is -0.334. The molecule has 0 unspecified atom stereocenters. The third-order valence-corrected chi connectivity index (χ3v) is 6.60. The molecule has 3 aromatic heterocycles. The molecule has 9 nitrogen and oxygen atoms in total. The van der Waals surface area contributed by atoms with Gasteiger partial charge in [-0.05, 0) is 66.1 Å². The second kappa shape index (κ2) is 8.87. The first-order chi connectivity index (χ1) is 18.0. The Hall–Kier alpha value is -5.05. The zero-order valence-electron chi connectivity index (χ0n) is 19.9. The van der Waals surface area contributed by atoms with Crippen molar-refractivity contribution in [1.82, 2.24) is 19.5 Å². The first-order valence-corrected chi connectivity index (χ1v) is 11.8. The van der Waals surface area contributed by atoms with E-state index in [2.05, 4.69) is 20.3 Å². The van der Waals surface area contributed by atoms with Gasteiger partial charge in [-0.3, -0.25) is 24.1 Å². The summed E-state index contributed by atoms with van der Waals surface area (Å²) in [5.41, 5.74) is 6.13. The van der Waals surface area contributed by atoms with E-state index in [4.69, 9.17) is 0 Å². The molecule has 0 atom stereocenters. The lowest BCUT2D eigenvalue weighted by molar-refractivity contribution is 0.0987. The number of rotatable bonds is 4. The molecule has 9 heteroatoms. The van der Waals surface area contributed by atoms with E-state index in [0.29, 0.717) is 40.9 Å². The van der Waals surface area contributed by atoms with Crippen LogP contribution in [-0.2, 0) is 13.5 Å². The number of hydrogen-bond acceptors (Lipinski definition) is 5. The fourth-order valence-electron chi connectivity index (χ4n) is 4.64. The van der Waals surface area contributed by atoms with Crippen LogP contribution in [0.15, 0.2) is 84.0 Å². The Labute approximate surface area is 211 Å². The molecule has 4 heterocycles. The lowest BCUT2D eigenvalue weighted by atomic mass is 10.0. The van der Waals surface area contributed by atoms with Crippen LogP contribution >= 0.6 is 0 Å². The van der Waals surface area contributed by atoms with Crippen molar-refractivity contribution in [2.75, 3.05) is 16.8 Å². The van der Waals surface area contributed by atoms with Crippen molar-refractivity contribution in [1.29, 1.82) is 0 Å². The van der Waals surface area contributed by atoms with Crippen LogP contribution < -0.4 is 15.9 Å². The largest absolute Gasteiger partial charge is 0.327 e. The zero-order valence-corrected chi connectivity index (χ0v) is 19.9. The average molecular weight is 491 g/mol. The number of aromatic amines is 1. The van der Waals surface area contributed by atoms with Gasteiger partial charge >= 0.3 is 5.69 Å². The Bertz CT molecular complexity index is 1740. The smallest absolute Gasteiger partial charge is 0.322 e. The first-order valence-electron chi connectivity index (χ1n) is 11.8. The number of pyridine rings is 2. The molecule has 0 saturated heterocycles. The van der Waals surface area contributed by atoms with Gasteiger partial charge in [-0.25, -0.2) is 9.78 Å². The number of aromatic nitrogens is 4. The highest BCUT2D eigenvalue weighted by Gasteiger charge is 2.26. The van der Waals surface area contributed by atoms with Gasteiger partial charge in [0.25, 0.3) is 11.8 Å². The number of fused-ring (bicyclic) bond motifs is 2. The number of nitrogens with one attached hydrogen (secondary N) is 2. The molecular weight excluding hydrogens is 468 g/mol. The molecule has 1 aliphatic rings. The number of amides is 2. The molecule has 1 aliphatic heterocycles. The van der Waals surface area contributed by atoms with E-state index < -0.39 is 0 Å². The molecule has 6 rings (SSSR count). The molecule has 0 bridgehead atoms. The molecule has 2 N–H and O–H groups in total. The van der Waals surface area contributed by atoms with Crippen LogP contribution in [0, 0.1) is 0 Å². The van der Waals surface area contributed by atoms with Gasteiger partial charge in [0.2, 0.25) is 0 Å². The lowest BCUT2D eigenvalue weighted by Gasteiger charge is -2.17. The predicted molar refractivity (Wildman–Crippen MR) is 141 cm³/mol. The highest BCUT2D eigenvalue weighted by atomic mass is 16.2. The maximum Gasteiger partial charge on any atom is 0.327 e. The number of anilines is 2. The normalized spacial score (nSPS) is 12.5. The average Bonchev–Trinajstić information content (AvgIpc) is 3.48. The summed E-state index contributed by atoms with van der Waals surface area (Å²) >= 11 is 0. The molecule has 0 radical (unpaired) electrons. The molecule has 0 spiro atoms. The van der Waals surface area contributed by atoms with Gasteiger partial charge in [-0.1, -0.05) is 12.1 Å². The maximum absolute atomic E-state index is 13.1. The number of hydrogen-bond donors (Lipinski definition) is 2. The summed E-state index contributed by atoms with van der Waals surface area (Å²) < 4.78 is 1.50. The number of carbonyl (C=O) groups is 2. The third-order valence-electron chi connectivity index (χ3n) is 6.60. The standard InChI is InChI=1S/C28H22N6O3/c1-33-24-14-21(16-30-25(24)32-28(33)37)17-4-2-5-19(12-17)26(35)31-22-7-8-23-18(13-22)9-11-34(23)27(36)20-6-3-10-29-15-20/h2-8,10,12-16H,9,11H2,1H3,(H,31,35)(H,30,32,37). The summed E-state index contributed by atoms with van der Waals surface area (Å²) in [4.78, 5) is 50.7. The maximum atomic E-state index is 13.1. The minimum Gasteiger partial charge on any atom is -0.322 e. The molecule has 182 valence electrons. The minimum absolute atomic E-state index is 0.0900. The predicted octanol–water partition coefficient (Wildman–Crippen LogP) is 3.78. The molecule has 5 aromatic rings. The quantitative estimate of drug-likeness (QED) is 0.398. The van der Waals surface area contributed by atoms with E-state index in [0.717, 1.165) is 22.4 Å². The van der Waals surface area contributed by atoms with Crippen molar-refractivity contribution in [3.05, 3.63) is 106 Å². The van der Waals surface area contributed by atoms with Crippen molar-refractivity contribution < 1.29 is 9.59 Å². The molecule has 2 aromatic carbocycles. The van der Waals surface area contributed by atoms with Gasteiger partial charge in [0.05, 0.1) is 11.1 Å². The molecule has 2 amide bonds. The fourth-order valence-corrected chi connectivity index (χ4v) is 4.64. The number of carbonyl (C=O) groups excluding carboxylic acids is 2. The van der Waals surface area contributed by atoms with Crippen LogP contribution in [0.5, 0.6) is 0 Å². The summed E-state index contributed by atoms with van der Waals surface area (Å²) in [5, 5.41) is 2.97. The number of benzene rings is 2. The van der Waals surface area contributed by atoms with E-state index >= 15 is 0 Å². The van der Waals surface area contributed by atoms with Crippen LogP contribution in [-0.4, -0.2) is 37.9 Å². The van der Waals surface area contributed by atoms with Gasteiger partial charge < -0.3 is 10.2 Å². The van der Waals surface area contributed by atoms with E-state index in [1.807, 2.05) is 30.3 Å². The monoisotopic (exact) mass is 490 g/mol. The van der Waals surface area contributed by atoms with Gasteiger partial charge in [0, 0.05) is 54.7 Å². The second-order valence-corrected chi connectivity index (χ2v) is 8.91.